The molecule has 1 N–H and O–H groups in total. The van der Waals surface area contributed by atoms with E-state index in [1.54, 1.807) is 4.90 Å². The Hall–Kier alpha value is -2.61. The summed E-state index contributed by atoms with van der Waals surface area (Å²) in [6.45, 7) is 5.30. The molecular weight excluding hydrogens is 396 g/mol. The van der Waals surface area contributed by atoms with Gasteiger partial charge >= 0.3 is 0 Å². The van der Waals surface area contributed by atoms with Crippen LogP contribution in [-0.4, -0.2) is 72.4 Å². The second kappa shape index (κ2) is 7.22. The van der Waals surface area contributed by atoms with Crippen molar-refractivity contribution in [1.82, 2.24) is 15.1 Å². The fraction of sp³-hybridized carbons (Fsp3) is 0.609. The van der Waals surface area contributed by atoms with E-state index in [1.807, 2.05) is 6.07 Å². The number of piperazine rings is 1. The third-order valence-corrected chi connectivity index (χ3v) is 7.65. The molecule has 164 valence electrons. The van der Waals surface area contributed by atoms with E-state index in [1.165, 1.54) is 25.8 Å². The molecule has 3 amide bonds. The fourth-order valence-electron chi connectivity index (χ4n) is 5.69. The van der Waals surface area contributed by atoms with Gasteiger partial charge in [0.25, 0.3) is 5.91 Å². The van der Waals surface area contributed by atoms with Crippen LogP contribution in [-0.2, 0) is 16.1 Å². The summed E-state index contributed by atoms with van der Waals surface area (Å²) in [7, 11) is 0. The summed E-state index contributed by atoms with van der Waals surface area (Å²) in [4.78, 5) is 43.5. The van der Waals surface area contributed by atoms with Gasteiger partial charge in [0.15, 0.2) is 0 Å². The van der Waals surface area contributed by atoms with Gasteiger partial charge in [0, 0.05) is 44.7 Å². The first-order chi connectivity index (χ1) is 15.1. The van der Waals surface area contributed by atoms with Crippen LogP contribution in [0.4, 0.5) is 5.69 Å². The number of carbonyl (C=O) groups is 3. The second-order valence-corrected chi connectivity index (χ2v) is 9.59. The van der Waals surface area contributed by atoms with Crippen LogP contribution in [0.1, 0.15) is 48.0 Å². The number of imide groups is 1. The number of anilines is 1. The van der Waals surface area contributed by atoms with Gasteiger partial charge in [-0.1, -0.05) is 6.42 Å². The average Bonchev–Trinajstić information content (AvgIpc) is 3.04. The van der Waals surface area contributed by atoms with Gasteiger partial charge in [0.1, 0.15) is 18.4 Å². The Bertz CT molecular complexity index is 959. The van der Waals surface area contributed by atoms with Crippen molar-refractivity contribution in [2.75, 3.05) is 37.7 Å². The Morgan fingerprint density at radius 3 is 2.71 bits per heavy atom. The number of benzene rings is 1. The lowest BCUT2D eigenvalue weighted by molar-refractivity contribution is -0.136. The Balaban J connectivity index is 1.21. The molecule has 5 aliphatic rings. The number of carbonyl (C=O) groups excluding carboxylic acids is 3. The molecule has 2 atom stereocenters. The summed E-state index contributed by atoms with van der Waals surface area (Å²) < 4.78 is 6.11. The summed E-state index contributed by atoms with van der Waals surface area (Å²) in [5.74, 6) is 0.845. The van der Waals surface area contributed by atoms with E-state index in [9.17, 15) is 14.4 Å². The number of hydrogen-bond donors (Lipinski definition) is 1. The number of nitrogens with one attached hydrogen (secondary N) is 1. The molecule has 1 saturated carbocycles. The van der Waals surface area contributed by atoms with Gasteiger partial charge in [-0.05, 0) is 42.9 Å². The van der Waals surface area contributed by atoms with Crippen molar-refractivity contribution in [2.45, 2.75) is 50.7 Å². The number of amides is 3. The first kappa shape index (κ1) is 19.1. The molecule has 0 bridgehead atoms. The molecule has 8 nitrogen and oxygen atoms in total. The van der Waals surface area contributed by atoms with Crippen molar-refractivity contribution in [3.8, 4) is 5.75 Å². The van der Waals surface area contributed by atoms with Crippen LogP contribution < -0.4 is 15.0 Å². The van der Waals surface area contributed by atoms with Crippen molar-refractivity contribution in [2.24, 2.45) is 5.92 Å². The summed E-state index contributed by atoms with van der Waals surface area (Å²) in [5, 5.41) is 2.36. The number of hydrogen-bond acceptors (Lipinski definition) is 6. The zero-order valence-corrected chi connectivity index (χ0v) is 17.6. The van der Waals surface area contributed by atoms with Crippen LogP contribution in [0.25, 0.3) is 0 Å². The standard InChI is InChI=1S/C23H28N4O4/c28-21-5-4-18(22(29)24-21)27-11-15-8-19-20(9-17(15)23(27)30)31-13-16-12-25(6-7-26(16)19)10-14-2-1-3-14/h8-9,14,16,18H,1-7,10-13H2,(H,24,28,29)/t16-,18-/m0/s1. The van der Waals surface area contributed by atoms with E-state index in [-0.39, 0.29) is 24.1 Å². The number of ether oxygens (including phenoxy) is 1. The monoisotopic (exact) mass is 424 g/mol. The maximum Gasteiger partial charge on any atom is 0.255 e. The summed E-state index contributed by atoms with van der Waals surface area (Å²) >= 11 is 0. The van der Waals surface area contributed by atoms with Crippen molar-refractivity contribution in [1.29, 1.82) is 0 Å². The lowest BCUT2D eigenvalue weighted by atomic mass is 9.85. The number of fused-ring (bicyclic) bond motifs is 4. The Kier molecular flexibility index (Phi) is 4.45. The van der Waals surface area contributed by atoms with E-state index in [0.29, 0.717) is 31.2 Å². The summed E-state index contributed by atoms with van der Waals surface area (Å²) in [5.41, 5.74) is 2.62. The van der Waals surface area contributed by atoms with Gasteiger partial charge < -0.3 is 14.5 Å². The van der Waals surface area contributed by atoms with E-state index < -0.39 is 6.04 Å². The zero-order valence-electron chi connectivity index (χ0n) is 17.6. The van der Waals surface area contributed by atoms with Crippen molar-refractivity contribution < 1.29 is 19.1 Å². The zero-order chi connectivity index (χ0) is 21.1. The SMILES string of the molecule is O=C1CC[C@H](N2Cc3cc4c(cc3C2=O)OC[C@@H]2CN(CC3CCC3)CCN42)C(=O)N1. The maximum absolute atomic E-state index is 13.1. The molecule has 8 heteroatoms. The van der Waals surface area contributed by atoms with Gasteiger partial charge in [0.05, 0.1) is 11.7 Å². The minimum atomic E-state index is -0.585. The highest BCUT2D eigenvalue weighted by molar-refractivity contribution is 6.05. The summed E-state index contributed by atoms with van der Waals surface area (Å²) in [6, 6.07) is 3.69. The minimum Gasteiger partial charge on any atom is -0.489 e. The smallest absolute Gasteiger partial charge is 0.255 e. The molecule has 4 aliphatic heterocycles. The lowest BCUT2D eigenvalue weighted by Crippen LogP contribution is -2.58. The molecule has 4 heterocycles. The van der Waals surface area contributed by atoms with Crippen molar-refractivity contribution >= 4 is 23.4 Å². The molecule has 6 rings (SSSR count). The molecule has 2 saturated heterocycles. The number of nitrogens with zero attached hydrogens (tertiary/aromatic N) is 3. The van der Waals surface area contributed by atoms with Gasteiger partial charge in [-0.2, -0.15) is 0 Å². The van der Waals surface area contributed by atoms with E-state index in [4.69, 9.17) is 4.74 Å². The predicted octanol–water partition coefficient (Wildman–Crippen LogP) is 1.13. The van der Waals surface area contributed by atoms with Crippen LogP contribution in [0.5, 0.6) is 5.75 Å². The largest absolute Gasteiger partial charge is 0.489 e. The molecule has 0 spiro atoms. The average molecular weight is 425 g/mol. The van der Waals surface area contributed by atoms with Gasteiger partial charge in [-0.3, -0.25) is 24.6 Å². The van der Waals surface area contributed by atoms with Crippen LogP contribution in [0.2, 0.25) is 0 Å². The Morgan fingerprint density at radius 2 is 1.94 bits per heavy atom. The summed E-state index contributed by atoms with van der Waals surface area (Å²) in [6.07, 6.45) is 4.76. The second-order valence-electron chi connectivity index (χ2n) is 9.59. The molecule has 0 aromatic heterocycles. The Labute approximate surface area is 181 Å². The molecule has 1 aromatic carbocycles. The topological polar surface area (TPSA) is 82.2 Å². The first-order valence-electron chi connectivity index (χ1n) is 11.5. The molecule has 0 radical (unpaired) electrons. The first-order valence-corrected chi connectivity index (χ1v) is 11.5. The third kappa shape index (κ3) is 3.19. The van der Waals surface area contributed by atoms with Crippen molar-refractivity contribution in [3.05, 3.63) is 23.3 Å². The van der Waals surface area contributed by atoms with Crippen LogP contribution in [0, 0.1) is 5.92 Å². The normalized spacial score (nSPS) is 28.5. The van der Waals surface area contributed by atoms with E-state index in [0.717, 1.165) is 42.6 Å². The fourth-order valence-corrected chi connectivity index (χ4v) is 5.69. The Morgan fingerprint density at radius 1 is 1.06 bits per heavy atom. The lowest BCUT2D eigenvalue weighted by Gasteiger charge is -2.47. The predicted molar refractivity (Wildman–Crippen MR) is 113 cm³/mol. The van der Waals surface area contributed by atoms with E-state index >= 15 is 0 Å². The molecular formula is C23H28N4O4. The third-order valence-electron chi connectivity index (χ3n) is 7.65. The number of piperidine rings is 1. The molecule has 0 unspecified atom stereocenters. The highest BCUT2D eigenvalue weighted by atomic mass is 16.5. The minimum absolute atomic E-state index is 0.150. The van der Waals surface area contributed by atoms with Crippen LogP contribution >= 0.6 is 0 Å². The van der Waals surface area contributed by atoms with Crippen LogP contribution in [0.15, 0.2) is 12.1 Å². The molecule has 3 fully saturated rings. The highest BCUT2D eigenvalue weighted by Crippen LogP contribution is 2.41. The van der Waals surface area contributed by atoms with Gasteiger partial charge in [0.2, 0.25) is 11.8 Å². The van der Waals surface area contributed by atoms with E-state index in [2.05, 4.69) is 21.2 Å². The quantitative estimate of drug-likeness (QED) is 0.733. The molecule has 31 heavy (non-hydrogen) atoms. The number of rotatable bonds is 3. The van der Waals surface area contributed by atoms with Crippen molar-refractivity contribution in [3.63, 3.8) is 0 Å². The highest BCUT2D eigenvalue weighted by Gasteiger charge is 2.41. The van der Waals surface area contributed by atoms with Gasteiger partial charge in [-0.25, -0.2) is 0 Å². The molecule has 1 aliphatic carbocycles. The maximum atomic E-state index is 13.1. The molecule has 1 aromatic rings. The van der Waals surface area contributed by atoms with Gasteiger partial charge in [-0.15, -0.1) is 0 Å². The van der Waals surface area contributed by atoms with Crippen LogP contribution in [0.3, 0.4) is 0 Å².